The minimum absolute atomic E-state index is 0.00602. The molecule has 0 radical (unpaired) electrons. The Kier molecular flexibility index (Phi) is 6.36. The number of aromatic nitrogens is 1. The Morgan fingerprint density at radius 2 is 2.00 bits per heavy atom. The third-order valence-corrected chi connectivity index (χ3v) is 7.15. The van der Waals surface area contributed by atoms with Crippen LogP contribution in [0.2, 0.25) is 0 Å². The van der Waals surface area contributed by atoms with E-state index in [1.165, 1.54) is 12.1 Å². The molecule has 1 aliphatic carbocycles. The van der Waals surface area contributed by atoms with Crippen molar-refractivity contribution in [1.82, 2.24) is 9.88 Å². The molecule has 8 heteroatoms. The number of pyridine rings is 1. The molecule has 1 aromatic carbocycles. The van der Waals surface area contributed by atoms with E-state index in [9.17, 15) is 8.78 Å². The molecule has 194 valence electrons. The van der Waals surface area contributed by atoms with Gasteiger partial charge in [0.25, 0.3) is 0 Å². The van der Waals surface area contributed by atoms with Crippen LogP contribution in [0.4, 0.5) is 8.78 Å². The fourth-order valence-corrected chi connectivity index (χ4v) is 5.03. The molecule has 1 saturated heterocycles. The summed E-state index contributed by atoms with van der Waals surface area (Å²) in [7, 11) is 0. The summed E-state index contributed by atoms with van der Waals surface area (Å²) in [5.74, 6) is -0.0351. The van der Waals surface area contributed by atoms with Crippen LogP contribution in [0.25, 0.3) is 5.57 Å². The lowest BCUT2D eigenvalue weighted by Gasteiger charge is -2.36. The molecular weight excluding hydrogens is 478 g/mol. The Morgan fingerprint density at radius 3 is 2.81 bits per heavy atom. The van der Waals surface area contributed by atoms with Gasteiger partial charge in [0.05, 0.1) is 11.8 Å². The van der Waals surface area contributed by atoms with Crippen molar-refractivity contribution in [1.29, 1.82) is 0 Å². The van der Waals surface area contributed by atoms with Gasteiger partial charge in [-0.2, -0.15) is 0 Å². The highest BCUT2D eigenvalue weighted by atomic mass is 19.3. The normalized spacial score (nSPS) is 28.4. The van der Waals surface area contributed by atoms with Gasteiger partial charge in [-0.1, -0.05) is 42.5 Å². The Hall–Kier alpha value is -3.23. The molecule has 1 fully saturated rings. The van der Waals surface area contributed by atoms with E-state index in [0.717, 1.165) is 56.8 Å². The number of alkyl halides is 2. The predicted octanol–water partition coefficient (Wildman–Crippen LogP) is 5.61. The number of benzene rings is 1. The summed E-state index contributed by atoms with van der Waals surface area (Å²) in [6.45, 7) is 3.50. The molecule has 3 aliphatic heterocycles. The number of nitrogens with zero attached hydrogens (tertiary/aromatic N) is 2. The van der Waals surface area contributed by atoms with Crippen molar-refractivity contribution < 1.29 is 29.1 Å². The van der Waals surface area contributed by atoms with E-state index in [-0.39, 0.29) is 30.1 Å². The van der Waals surface area contributed by atoms with Gasteiger partial charge in [-0.25, -0.2) is 4.98 Å². The van der Waals surface area contributed by atoms with Gasteiger partial charge in [0.15, 0.2) is 11.5 Å². The molecule has 0 N–H and O–H groups in total. The number of rotatable bonds is 8. The highest BCUT2D eigenvalue weighted by Crippen LogP contribution is 2.41. The van der Waals surface area contributed by atoms with Crippen LogP contribution in [-0.4, -0.2) is 48.5 Å². The lowest BCUT2D eigenvalue weighted by atomic mass is 9.82. The van der Waals surface area contributed by atoms with E-state index >= 15 is 0 Å². The molecule has 0 saturated carbocycles. The second-order valence-electron chi connectivity index (χ2n) is 9.75. The largest absolute Gasteiger partial charge is 0.586 e. The molecule has 4 aliphatic rings. The maximum atomic E-state index is 13.3. The number of ether oxygens (including phenoxy) is 4. The average molecular weight is 510 g/mol. The fraction of sp³-hybridized carbons (Fsp3) is 0.414. The van der Waals surface area contributed by atoms with Gasteiger partial charge in [0, 0.05) is 33.7 Å². The van der Waals surface area contributed by atoms with E-state index in [0.29, 0.717) is 11.4 Å². The Labute approximate surface area is 216 Å². The summed E-state index contributed by atoms with van der Waals surface area (Å²) in [6.07, 6.45) is 9.65. The fourth-order valence-electron chi connectivity index (χ4n) is 5.03. The van der Waals surface area contributed by atoms with Crippen molar-refractivity contribution in [2.75, 3.05) is 26.2 Å². The highest BCUT2D eigenvalue weighted by molar-refractivity contribution is 5.64. The lowest BCUT2D eigenvalue weighted by molar-refractivity contribution is -0.286. The Balaban J connectivity index is 1.05. The molecule has 0 amide bonds. The van der Waals surface area contributed by atoms with Crippen LogP contribution in [0.5, 0.6) is 17.4 Å². The third-order valence-electron chi connectivity index (χ3n) is 7.15. The van der Waals surface area contributed by atoms with Gasteiger partial charge in [0.2, 0.25) is 5.88 Å². The highest BCUT2D eigenvalue weighted by Gasteiger charge is 2.43. The molecule has 4 heterocycles. The van der Waals surface area contributed by atoms with Crippen molar-refractivity contribution in [3.8, 4) is 17.4 Å². The maximum absolute atomic E-state index is 13.3. The first kappa shape index (κ1) is 22.9. The number of hydrogen-bond acceptors (Lipinski definition) is 6. The van der Waals surface area contributed by atoms with Crippen molar-refractivity contribution in [2.24, 2.45) is 11.8 Å². The first-order valence-corrected chi connectivity index (χ1v) is 12.7. The van der Waals surface area contributed by atoms with Crippen molar-refractivity contribution >= 4 is 5.57 Å². The van der Waals surface area contributed by atoms with Crippen LogP contribution >= 0.6 is 0 Å². The summed E-state index contributed by atoms with van der Waals surface area (Å²) < 4.78 is 56.0. The Morgan fingerprint density at radius 1 is 1.14 bits per heavy atom. The van der Waals surface area contributed by atoms with Gasteiger partial charge >= 0.3 is 6.29 Å². The van der Waals surface area contributed by atoms with Crippen molar-refractivity contribution in [3.63, 3.8) is 0 Å². The molecule has 0 bridgehead atoms. The first-order chi connectivity index (χ1) is 18.4. The van der Waals surface area contributed by atoms with E-state index < -0.39 is 12.2 Å². The molecule has 0 spiro atoms. The van der Waals surface area contributed by atoms with E-state index in [4.69, 9.17) is 10.8 Å². The SMILES string of the molecule is [2H][C@]1(CC2CCO2)C=CC=CC1CN1CC=C(c2cccc(OCc3ccc4c(c3)OC(F)(F)O4)n2)CC1. The van der Waals surface area contributed by atoms with Crippen LogP contribution < -0.4 is 14.2 Å². The molecule has 3 atom stereocenters. The van der Waals surface area contributed by atoms with Gasteiger partial charge in [-0.3, -0.25) is 4.90 Å². The van der Waals surface area contributed by atoms with Crippen LogP contribution in [0.1, 0.15) is 31.9 Å². The topological polar surface area (TPSA) is 53.1 Å². The standard InChI is InChI=1S/C29H30F2N2O4/c30-29(31)36-26-9-8-20(16-27(26)37-29)19-35-28-7-3-6-25(32-28)21-10-13-33(14-11-21)18-23-5-2-1-4-22(23)17-24-12-15-34-24/h1-10,16,22-24H,11-15,17-19H2/t22-,23?,24?/m1/s1/i22D. The number of fused-ring (bicyclic) bond motifs is 1. The second kappa shape index (κ2) is 10.3. The molecule has 6 nitrogen and oxygen atoms in total. The number of hydrogen-bond donors (Lipinski definition) is 0. The minimum atomic E-state index is -3.64. The summed E-state index contributed by atoms with van der Waals surface area (Å²) in [4.78, 5) is 7.07. The number of allylic oxidation sites excluding steroid dienone is 3. The predicted molar refractivity (Wildman–Crippen MR) is 134 cm³/mol. The van der Waals surface area contributed by atoms with Gasteiger partial charge in [0.1, 0.15) is 6.61 Å². The van der Waals surface area contributed by atoms with Gasteiger partial charge in [-0.15, -0.1) is 8.78 Å². The zero-order valence-electron chi connectivity index (χ0n) is 21.4. The molecular formula is C29H30F2N2O4. The molecule has 1 aromatic heterocycles. The summed E-state index contributed by atoms with van der Waals surface area (Å²) in [5.41, 5.74) is 2.70. The first-order valence-electron chi connectivity index (χ1n) is 13.2. The van der Waals surface area contributed by atoms with E-state index in [1.54, 1.807) is 12.1 Å². The smallest absolute Gasteiger partial charge is 0.473 e. The third kappa shape index (κ3) is 5.70. The van der Waals surface area contributed by atoms with Crippen LogP contribution in [0.15, 0.2) is 66.8 Å². The molecule has 2 unspecified atom stereocenters. The summed E-state index contributed by atoms with van der Waals surface area (Å²) in [6, 6.07) is 10.3. The zero-order valence-corrected chi connectivity index (χ0v) is 20.4. The molecule has 37 heavy (non-hydrogen) atoms. The van der Waals surface area contributed by atoms with Crippen LogP contribution in [-0.2, 0) is 11.3 Å². The molecule has 6 rings (SSSR count). The Bertz CT molecular complexity index is 1280. The van der Waals surface area contributed by atoms with Gasteiger partial charge < -0.3 is 18.9 Å². The van der Waals surface area contributed by atoms with Gasteiger partial charge in [-0.05, 0) is 60.4 Å². The second-order valence-corrected chi connectivity index (χ2v) is 9.75. The summed E-state index contributed by atoms with van der Waals surface area (Å²) in [5, 5.41) is 0. The quantitative estimate of drug-likeness (QED) is 0.461. The summed E-state index contributed by atoms with van der Waals surface area (Å²) >= 11 is 0. The van der Waals surface area contributed by atoms with Crippen LogP contribution in [0, 0.1) is 11.8 Å². The maximum Gasteiger partial charge on any atom is 0.586 e. The zero-order chi connectivity index (χ0) is 26.2. The van der Waals surface area contributed by atoms with Crippen molar-refractivity contribution in [3.05, 3.63) is 78.0 Å². The van der Waals surface area contributed by atoms with E-state index in [2.05, 4.69) is 37.6 Å². The average Bonchev–Trinajstić information content (AvgIpc) is 3.20. The lowest BCUT2D eigenvalue weighted by Crippen LogP contribution is -2.37. The number of halogens is 2. The monoisotopic (exact) mass is 509 g/mol. The van der Waals surface area contributed by atoms with Crippen molar-refractivity contribution in [2.45, 2.75) is 38.3 Å². The minimum Gasteiger partial charge on any atom is -0.473 e. The van der Waals surface area contributed by atoms with Crippen LogP contribution in [0.3, 0.4) is 0 Å². The van der Waals surface area contributed by atoms with E-state index in [1.807, 2.05) is 24.3 Å². The molecule has 2 aromatic rings.